The molecular weight excluding hydrogens is 459 g/mol. The van der Waals surface area contributed by atoms with Gasteiger partial charge in [-0.25, -0.2) is 0 Å². The highest BCUT2D eigenvalue weighted by molar-refractivity contribution is 6.42. The molecular formula is C25H28Cl2N4O2. The number of aromatic nitrogens is 1. The van der Waals surface area contributed by atoms with E-state index in [-0.39, 0.29) is 12.5 Å². The number of oxazole rings is 1. The molecule has 0 radical (unpaired) electrons. The van der Waals surface area contributed by atoms with E-state index < -0.39 is 0 Å². The molecule has 0 unspecified atom stereocenters. The highest BCUT2D eigenvalue weighted by atomic mass is 35.5. The van der Waals surface area contributed by atoms with Crippen LogP contribution in [0.3, 0.4) is 0 Å². The molecule has 174 valence electrons. The standard InChI is InChI=1S/C25H28Cl2N4O2/c1-3-7-22-24(18-8-5-4-6-9-18)28-25(33-22)29(2)17-23(32)31-14-12-30(13-15-31)19-10-11-20(26)21(27)16-19/h4-6,8-11,16H,3,7,12-15,17H2,1-2H3. The lowest BCUT2D eigenvalue weighted by Crippen LogP contribution is -2.51. The molecule has 2 aromatic carbocycles. The van der Waals surface area contributed by atoms with E-state index in [4.69, 9.17) is 32.6 Å². The number of hydrogen-bond acceptors (Lipinski definition) is 5. The molecule has 0 atom stereocenters. The van der Waals surface area contributed by atoms with Crippen molar-refractivity contribution in [3.63, 3.8) is 0 Å². The van der Waals surface area contributed by atoms with Crippen molar-refractivity contribution in [2.75, 3.05) is 49.6 Å². The summed E-state index contributed by atoms with van der Waals surface area (Å²) in [7, 11) is 1.85. The van der Waals surface area contributed by atoms with E-state index in [0.717, 1.165) is 48.6 Å². The zero-order chi connectivity index (χ0) is 23.4. The van der Waals surface area contributed by atoms with Gasteiger partial charge in [0, 0.05) is 50.9 Å². The summed E-state index contributed by atoms with van der Waals surface area (Å²) >= 11 is 12.2. The maximum atomic E-state index is 13.0. The van der Waals surface area contributed by atoms with Gasteiger partial charge in [0.25, 0.3) is 6.01 Å². The molecule has 2 heterocycles. The summed E-state index contributed by atoms with van der Waals surface area (Å²) in [6.07, 6.45) is 1.76. The molecule has 0 saturated carbocycles. The number of halogens is 2. The van der Waals surface area contributed by atoms with E-state index in [9.17, 15) is 4.79 Å². The first kappa shape index (κ1) is 23.5. The van der Waals surface area contributed by atoms with E-state index in [1.165, 1.54) is 0 Å². The number of aryl methyl sites for hydroxylation is 1. The Bertz CT molecular complexity index is 1100. The third-order valence-electron chi connectivity index (χ3n) is 5.81. The van der Waals surface area contributed by atoms with Crippen LogP contribution in [0.2, 0.25) is 10.0 Å². The second-order valence-corrected chi connectivity index (χ2v) is 9.02. The van der Waals surface area contributed by atoms with Crippen molar-refractivity contribution >= 4 is 40.8 Å². The number of hydrogen-bond donors (Lipinski definition) is 0. The van der Waals surface area contributed by atoms with Gasteiger partial charge in [-0.15, -0.1) is 0 Å². The lowest BCUT2D eigenvalue weighted by atomic mass is 10.1. The summed E-state index contributed by atoms with van der Waals surface area (Å²) in [5, 5.41) is 1.08. The van der Waals surface area contributed by atoms with Crippen LogP contribution in [0.4, 0.5) is 11.7 Å². The zero-order valence-electron chi connectivity index (χ0n) is 18.9. The fourth-order valence-electron chi connectivity index (χ4n) is 3.99. The molecule has 0 spiro atoms. The minimum Gasteiger partial charge on any atom is -0.428 e. The molecule has 1 aromatic heterocycles. The molecule has 33 heavy (non-hydrogen) atoms. The fourth-order valence-corrected chi connectivity index (χ4v) is 4.28. The minimum absolute atomic E-state index is 0.0581. The Morgan fingerprint density at radius 3 is 2.45 bits per heavy atom. The molecule has 4 rings (SSSR count). The van der Waals surface area contributed by atoms with Gasteiger partial charge in [-0.3, -0.25) is 4.79 Å². The SMILES string of the molecule is CCCc1oc(N(C)CC(=O)N2CCN(c3ccc(Cl)c(Cl)c3)CC2)nc1-c1ccccc1. The average molecular weight is 487 g/mol. The summed E-state index contributed by atoms with van der Waals surface area (Å²) in [6.45, 7) is 5.11. The molecule has 1 amide bonds. The minimum atomic E-state index is 0.0581. The Morgan fingerprint density at radius 1 is 1.06 bits per heavy atom. The van der Waals surface area contributed by atoms with E-state index in [0.29, 0.717) is 29.1 Å². The summed E-state index contributed by atoms with van der Waals surface area (Å²) in [5.41, 5.74) is 2.89. The summed E-state index contributed by atoms with van der Waals surface area (Å²) in [6, 6.07) is 16.1. The fraction of sp³-hybridized carbons (Fsp3) is 0.360. The molecule has 1 saturated heterocycles. The van der Waals surface area contributed by atoms with Gasteiger partial charge < -0.3 is 19.1 Å². The van der Waals surface area contributed by atoms with Gasteiger partial charge >= 0.3 is 0 Å². The van der Waals surface area contributed by atoms with Gasteiger partial charge in [-0.2, -0.15) is 4.98 Å². The van der Waals surface area contributed by atoms with Crippen LogP contribution in [-0.4, -0.2) is 55.6 Å². The van der Waals surface area contributed by atoms with Crippen molar-refractivity contribution in [3.8, 4) is 11.3 Å². The third-order valence-corrected chi connectivity index (χ3v) is 6.55. The van der Waals surface area contributed by atoms with Crippen LogP contribution in [0.15, 0.2) is 52.9 Å². The lowest BCUT2D eigenvalue weighted by molar-refractivity contribution is -0.130. The third kappa shape index (κ3) is 5.45. The largest absolute Gasteiger partial charge is 0.428 e. The predicted molar refractivity (Wildman–Crippen MR) is 134 cm³/mol. The Labute approximate surface area is 204 Å². The summed E-state index contributed by atoms with van der Waals surface area (Å²) < 4.78 is 6.07. The molecule has 0 N–H and O–H groups in total. The maximum absolute atomic E-state index is 13.0. The van der Waals surface area contributed by atoms with Crippen LogP contribution in [-0.2, 0) is 11.2 Å². The molecule has 0 bridgehead atoms. The van der Waals surface area contributed by atoms with Crippen molar-refractivity contribution in [1.29, 1.82) is 0 Å². The van der Waals surface area contributed by atoms with Crippen LogP contribution in [0, 0.1) is 0 Å². The number of carbonyl (C=O) groups excluding carboxylic acids is 1. The van der Waals surface area contributed by atoms with Crippen LogP contribution in [0.1, 0.15) is 19.1 Å². The number of anilines is 2. The molecule has 1 aliphatic rings. The second-order valence-electron chi connectivity index (χ2n) is 8.21. The predicted octanol–water partition coefficient (Wildman–Crippen LogP) is 5.39. The van der Waals surface area contributed by atoms with E-state index in [1.807, 2.05) is 54.4 Å². The van der Waals surface area contributed by atoms with Gasteiger partial charge in [0.1, 0.15) is 18.0 Å². The van der Waals surface area contributed by atoms with Crippen molar-refractivity contribution in [3.05, 3.63) is 64.3 Å². The number of amides is 1. The monoisotopic (exact) mass is 486 g/mol. The number of likely N-dealkylation sites (N-methyl/N-ethyl adjacent to an activating group) is 1. The lowest BCUT2D eigenvalue weighted by Gasteiger charge is -2.36. The Hall–Kier alpha value is -2.70. The summed E-state index contributed by atoms with van der Waals surface area (Å²) in [4.78, 5) is 23.6. The molecule has 3 aromatic rings. The molecule has 6 nitrogen and oxygen atoms in total. The Morgan fingerprint density at radius 2 is 1.79 bits per heavy atom. The van der Waals surface area contributed by atoms with E-state index >= 15 is 0 Å². The molecule has 0 aliphatic carbocycles. The quantitative estimate of drug-likeness (QED) is 0.448. The van der Waals surface area contributed by atoms with Gasteiger partial charge in [0.05, 0.1) is 10.0 Å². The Balaban J connectivity index is 1.38. The highest BCUT2D eigenvalue weighted by Gasteiger charge is 2.24. The topological polar surface area (TPSA) is 52.8 Å². The second kappa shape index (κ2) is 10.5. The number of rotatable bonds is 7. The first-order valence-corrected chi connectivity index (χ1v) is 12.0. The van der Waals surface area contributed by atoms with Crippen LogP contribution >= 0.6 is 23.2 Å². The van der Waals surface area contributed by atoms with Crippen LogP contribution in [0.25, 0.3) is 11.3 Å². The first-order valence-electron chi connectivity index (χ1n) is 11.2. The number of piperazine rings is 1. The van der Waals surface area contributed by atoms with Gasteiger partial charge in [0.2, 0.25) is 5.91 Å². The molecule has 1 fully saturated rings. The molecule has 8 heteroatoms. The van der Waals surface area contributed by atoms with Gasteiger partial charge in [-0.05, 0) is 24.6 Å². The van der Waals surface area contributed by atoms with Crippen molar-refractivity contribution in [1.82, 2.24) is 9.88 Å². The van der Waals surface area contributed by atoms with E-state index in [2.05, 4.69) is 11.8 Å². The van der Waals surface area contributed by atoms with Crippen molar-refractivity contribution < 1.29 is 9.21 Å². The smallest absolute Gasteiger partial charge is 0.298 e. The van der Waals surface area contributed by atoms with Crippen molar-refractivity contribution in [2.24, 2.45) is 0 Å². The average Bonchev–Trinajstić information content (AvgIpc) is 3.26. The van der Waals surface area contributed by atoms with Crippen molar-refractivity contribution in [2.45, 2.75) is 19.8 Å². The van der Waals surface area contributed by atoms with Crippen LogP contribution in [0.5, 0.6) is 0 Å². The zero-order valence-corrected chi connectivity index (χ0v) is 20.4. The van der Waals surface area contributed by atoms with Gasteiger partial charge in [0.15, 0.2) is 0 Å². The number of benzene rings is 2. The van der Waals surface area contributed by atoms with E-state index in [1.54, 1.807) is 11.0 Å². The van der Waals surface area contributed by atoms with Gasteiger partial charge in [-0.1, -0.05) is 60.5 Å². The summed E-state index contributed by atoms with van der Waals surface area (Å²) in [5.74, 6) is 0.913. The number of carbonyl (C=O) groups is 1. The highest BCUT2D eigenvalue weighted by Crippen LogP contribution is 2.29. The normalized spacial score (nSPS) is 13.9. The number of nitrogens with zero attached hydrogens (tertiary/aromatic N) is 4. The Kier molecular flexibility index (Phi) is 7.46. The maximum Gasteiger partial charge on any atom is 0.298 e. The molecule has 1 aliphatic heterocycles. The first-order chi connectivity index (χ1) is 16.0. The van der Waals surface area contributed by atoms with Crippen LogP contribution < -0.4 is 9.80 Å².